The third-order valence-electron chi connectivity index (χ3n) is 17.4. The first-order valence-electron chi connectivity index (χ1n) is 34.3. The number of β-amino-alcohol motifs (C(OH)–C–C–N with tert-alkyl or cyclic N) is 1. The molecule has 5 fully saturated rings. The number of aliphatic hydroxyl groups is 13. The maximum atomic E-state index is 11.1. The zero-order valence-electron chi connectivity index (χ0n) is 65.8. The van der Waals surface area contributed by atoms with Crippen molar-refractivity contribution >= 4 is 126 Å². The molecular formula is C61H133ClN7Na3O28S4Se2. The van der Waals surface area contributed by atoms with Crippen molar-refractivity contribution in [3.8, 4) is 0 Å². The third-order valence-corrected chi connectivity index (χ3v) is 23.2. The van der Waals surface area contributed by atoms with Crippen LogP contribution in [0.25, 0.3) is 26.4 Å². The van der Waals surface area contributed by atoms with Gasteiger partial charge in [0.05, 0.1) is 94.1 Å². The fourth-order valence-electron chi connectivity index (χ4n) is 9.69. The first kappa shape index (κ1) is 126. The summed E-state index contributed by atoms with van der Waals surface area (Å²) in [5.41, 5.74) is 21.7. The van der Waals surface area contributed by atoms with Gasteiger partial charge in [-0.1, -0.05) is 95.6 Å². The molecule has 0 radical (unpaired) electrons. The van der Waals surface area contributed by atoms with Gasteiger partial charge in [0.15, 0.2) is 18.9 Å². The molecule has 0 bridgehead atoms. The Morgan fingerprint density at radius 2 is 1.03 bits per heavy atom. The Balaban J connectivity index is -0.000000143. The van der Waals surface area contributed by atoms with E-state index < -0.39 is 120 Å². The molecule has 27 atom stereocenters. The molecule has 5 aliphatic rings. The molecule has 0 aromatic rings. The van der Waals surface area contributed by atoms with Crippen LogP contribution in [0.4, 0.5) is 0 Å². The van der Waals surface area contributed by atoms with Crippen LogP contribution in [0, 0.1) is 59.2 Å². The third kappa shape index (κ3) is 59.5. The molecule has 106 heavy (non-hydrogen) atoms. The molecule has 0 aliphatic carbocycles. The summed E-state index contributed by atoms with van der Waals surface area (Å²) in [5.74, 6) is 3.09. The fourth-order valence-corrected chi connectivity index (χ4v) is 15.2. The number of nitrogens with zero attached hydrogens (tertiary/aromatic N) is 6. The van der Waals surface area contributed by atoms with Gasteiger partial charge in [-0.05, 0) is 72.6 Å². The van der Waals surface area contributed by atoms with Gasteiger partial charge in [-0.3, -0.25) is 17.5 Å². The Morgan fingerprint density at radius 1 is 0.604 bits per heavy atom. The standard InChI is InChI=1S/C10H22O6S2.C9H19N3O3S.C8H16O2.C8H18O2.C8H16Se.C6H12O5.C5H11NO3.C5H10O5.CH3ClO2S.CH4.N3.3Na.H2Se/c1-6-10(16-18(5,13)14)9(3)8(2)7-15-17(4,11)12;1-5-9(15-16(4,13)14)8(3)7(2)6-11-12-10;1-4-7-5(2)6(3)8(9)10-7;1-4-8(10)7(3)6(2)5-9;1-4-8-7(3)6(2)5-9-8;1-10-6-5(9)4(8)3(2-7)11-6;7-2-3-5(9)4(8)1-6-3;6-1-2-3(7)4(8)5(9)10-2;1-5(2,3)4;;1-3-2;;;;/h8-10H,6-7H2,1-5H3;7-9H,5-6H2,1-4H3;5-9H,4H2,1-3H3;6-10H,4-5H2,1-3H3;6-8H,4-5H2,1-3H3;3-9H,2H2,1H3;3-9H,1-2H2;2-9H,1H2;1H3;1H4;;;;;1H2/q;;;;;;;;;;-1;;;+1;/t8?,9-,10+;7?,8-,9+;5-,6?,7+,8?;6?,7-,8+;6?,7-,8-;3-,4-,5?,6?;3-,4?,5+;2-,3-,4?,5?;;;;;;;/m11111010......./s1. The first-order valence-corrected chi connectivity index (χ1v) is 52.6. The average molecular weight is 1800 g/mol. The van der Waals surface area contributed by atoms with Gasteiger partial charge >= 0.3 is 154 Å². The maximum absolute atomic E-state index is 11.1. The quantitative estimate of drug-likeness (QED) is 0.0123. The minimum atomic E-state index is -3.52. The van der Waals surface area contributed by atoms with Crippen LogP contribution in [0.3, 0.4) is 0 Å². The topological polar surface area (TPSA) is 584 Å². The SMILES string of the molecule is C.CC[C@@H]1OC(O)C(C)[C@H]1C.CC[C@H](O)[C@H](C)C(C)CO.CC[C@H](OS(C)(=O)=O)[C@H](C)C(C)CN=[N+]=[N-].CC[C@H](OS(C)(=O)=O)[C@H](C)C(C)COS(C)(=O)=O.CC[C@H]1[Se]CC(C)[C@H]1C.COC1O[C@@H](CO)[C@H](O)C1O.CS(=O)(=O)Cl.OC[C@@H]1OC(O)C(O)[C@H]1O.OC[C@H]1NCC(O)[C@H]1O.[N-]=[N+]=[N-].[Na+].[Na][Na].[SeH2]. The number of nitrogens with one attached hydrogen (secondary N) is 1. The molecule has 0 aromatic carbocycles. The second-order valence-electron chi connectivity index (χ2n) is 25.6. The Hall–Kier alpha value is 1.91. The van der Waals surface area contributed by atoms with Gasteiger partial charge in [-0.15, -0.1) is 0 Å². The van der Waals surface area contributed by atoms with Gasteiger partial charge in [-0.25, -0.2) is 8.42 Å². The summed E-state index contributed by atoms with van der Waals surface area (Å²) >= 11 is 3.87. The molecule has 626 valence electrons. The molecule has 45 heteroatoms. The molecule has 11 unspecified atom stereocenters. The van der Waals surface area contributed by atoms with Crippen LogP contribution in [0.5, 0.6) is 0 Å². The summed E-state index contributed by atoms with van der Waals surface area (Å²) in [5, 5.41) is 123. The summed E-state index contributed by atoms with van der Waals surface area (Å²) in [6.45, 7) is 30.4. The molecule has 5 heterocycles. The van der Waals surface area contributed by atoms with E-state index in [2.05, 4.69) is 70.1 Å². The summed E-state index contributed by atoms with van der Waals surface area (Å²) in [4.78, 5) is 5.29. The molecule has 35 nitrogen and oxygen atoms in total. The van der Waals surface area contributed by atoms with Crippen molar-refractivity contribution in [2.24, 2.45) is 64.3 Å². The molecule has 0 aromatic heterocycles. The Labute approximate surface area is 705 Å². The Bertz CT molecular complexity index is 2610. The summed E-state index contributed by atoms with van der Waals surface area (Å²) in [6, 6.07) is -0.347. The molecular weight excluding hydrogens is 1670 g/mol. The van der Waals surface area contributed by atoms with E-state index in [1.807, 2.05) is 62.3 Å². The van der Waals surface area contributed by atoms with Crippen LogP contribution >= 0.6 is 10.7 Å². The van der Waals surface area contributed by atoms with Crippen molar-refractivity contribution in [2.75, 3.05) is 78.3 Å². The Morgan fingerprint density at radius 3 is 1.25 bits per heavy atom. The van der Waals surface area contributed by atoms with Crippen LogP contribution in [0.15, 0.2) is 5.11 Å². The molecule has 14 N–H and O–H groups in total. The number of aliphatic hydroxyl groups excluding tert-OH is 13. The van der Waals surface area contributed by atoms with Gasteiger partial charge in [0.2, 0.25) is 9.05 Å². The van der Waals surface area contributed by atoms with Crippen molar-refractivity contribution in [2.45, 2.75) is 252 Å². The summed E-state index contributed by atoms with van der Waals surface area (Å²) in [6.07, 6.45) is -3.08. The van der Waals surface area contributed by atoms with E-state index in [1.54, 1.807) is 6.92 Å². The predicted molar refractivity (Wildman–Crippen MR) is 409 cm³/mol. The van der Waals surface area contributed by atoms with E-state index in [9.17, 15) is 43.9 Å². The van der Waals surface area contributed by atoms with Gasteiger partial charge in [0.1, 0.15) is 36.6 Å². The normalized spacial score (nSPS) is 29.4. The number of hydrogen-bond acceptors (Lipinski definition) is 30. The van der Waals surface area contributed by atoms with Crippen LogP contribution in [0.1, 0.15) is 143 Å². The van der Waals surface area contributed by atoms with E-state index in [0.29, 0.717) is 37.8 Å². The number of hydrogen-bond donors (Lipinski definition) is 14. The van der Waals surface area contributed by atoms with E-state index in [4.69, 9.17) is 94.8 Å². The van der Waals surface area contributed by atoms with Gasteiger partial charge in [0, 0.05) is 48.3 Å². The van der Waals surface area contributed by atoms with E-state index >= 15 is 0 Å². The van der Waals surface area contributed by atoms with Crippen molar-refractivity contribution in [1.29, 1.82) is 0 Å². The zero-order valence-corrected chi connectivity index (χ0v) is 79.7. The zero-order chi connectivity index (χ0) is 82.3. The van der Waals surface area contributed by atoms with Gasteiger partial charge in [-0.2, -0.15) is 25.3 Å². The summed E-state index contributed by atoms with van der Waals surface area (Å²) in [7, 11) is -7.76. The summed E-state index contributed by atoms with van der Waals surface area (Å²) < 4.78 is 119. The number of halogens is 1. The van der Waals surface area contributed by atoms with E-state index in [1.165, 1.54) is 67.4 Å². The van der Waals surface area contributed by atoms with Crippen molar-refractivity contribution in [3.63, 3.8) is 0 Å². The number of ether oxygens (including phenoxy) is 4. The molecule has 5 rings (SSSR count). The second kappa shape index (κ2) is 68.9. The van der Waals surface area contributed by atoms with Crippen molar-refractivity contribution in [1.82, 2.24) is 5.32 Å². The van der Waals surface area contributed by atoms with Gasteiger partial charge in [0.25, 0.3) is 30.4 Å². The Kier molecular flexibility index (Phi) is 82.0. The van der Waals surface area contributed by atoms with E-state index in [0.717, 1.165) is 69.5 Å². The minimum absolute atomic E-state index is 0. The van der Waals surface area contributed by atoms with Crippen LogP contribution in [-0.4, -0.2) is 352 Å². The predicted octanol–water partition coefficient (Wildman–Crippen LogP) is -1.51. The number of azide groups is 1. The first-order chi connectivity index (χ1) is 47.4. The number of methoxy groups -OCH3 is 1. The van der Waals surface area contributed by atoms with E-state index in [-0.39, 0.29) is 140 Å². The van der Waals surface area contributed by atoms with Crippen LogP contribution < -0.4 is 34.9 Å². The molecule has 5 aliphatic heterocycles. The van der Waals surface area contributed by atoms with Gasteiger partial charge < -0.3 is 102 Å². The molecule has 0 spiro atoms. The second-order valence-corrected chi connectivity index (χ2v) is 36.1. The van der Waals surface area contributed by atoms with Crippen LogP contribution in [-0.2, 0) is 70.9 Å². The molecule has 5 saturated heterocycles. The monoisotopic (exact) mass is 1800 g/mol. The average Bonchev–Trinajstić information content (AvgIpc) is 1.68. The number of rotatable bonds is 25. The molecule has 0 amide bonds. The van der Waals surface area contributed by atoms with Crippen molar-refractivity contribution in [3.05, 3.63) is 26.4 Å². The van der Waals surface area contributed by atoms with Crippen molar-refractivity contribution < 1.29 is 161 Å². The molecule has 0 saturated carbocycles. The fraction of sp³-hybridized carbons (Fsp3) is 1.00. The van der Waals surface area contributed by atoms with Crippen LogP contribution in [0.2, 0.25) is 10.1 Å².